The van der Waals surface area contributed by atoms with E-state index in [1.54, 1.807) is 12.0 Å². The van der Waals surface area contributed by atoms with Crippen molar-refractivity contribution < 1.29 is 14.3 Å². The minimum atomic E-state index is -0.146. The molecule has 1 spiro atoms. The Labute approximate surface area is 161 Å². The minimum absolute atomic E-state index is 0.115. The highest BCUT2D eigenvalue weighted by Crippen LogP contribution is 2.32. The van der Waals surface area contributed by atoms with E-state index in [-0.39, 0.29) is 17.5 Å². The summed E-state index contributed by atoms with van der Waals surface area (Å²) in [4.78, 5) is 31.1. The molecule has 2 aliphatic heterocycles. The monoisotopic (exact) mass is 374 g/mol. The van der Waals surface area contributed by atoms with Gasteiger partial charge in [-0.3, -0.25) is 9.69 Å². The maximum absolute atomic E-state index is 13.0. The highest BCUT2D eigenvalue weighted by molar-refractivity contribution is 5.91. The van der Waals surface area contributed by atoms with Gasteiger partial charge >= 0.3 is 6.03 Å². The number of hydrogen-bond acceptors (Lipinski definition) is 4. The first-order valence-electron chi connectivity index (χ1n) is 9.50. The molecular weight excluding hydrogens is 344 g/mol. The van der Waals surface area contributed by atoms with Gasteiger partial charge in [-0.1, -0.05) is 6.07 Å². The van der Waals surface area contributed by atoms with Gasteiger partial charge in [-0.25, -0.2) is 4.79 Å². The van der Waals surface area contributed by atoms with Crippen molar-refractivity contribution in [3.05, 3.63) is 23.8 Å². The number of ether oxygens (including phenoxy) is 1. The Morgan fingerprint density at radius 1 is 1.19 bits per heavy atom. The number of likely N-dealkylation sites (N-methyl/N-ethyl adjacent to an activating group) is 1. The Morgan fingerprint density at radius 3 is 2.70 bits per heavy atom. The van der Waals surface area contributed by atoms with Gasteiger partial charge in [0, 0.05) is 45.2 Å². The quantitative estimate of drug-likeness (QED) is 0.862. The average Bonchev–Trinajstić information content (AvgIpc) is 2.79. The van der Waals surface area contributed by atoms with E-state index >= 15 is 0 Å². The van der Waals surface area contributed by atoms with Crippen molar-refractivity contribution >= 4 is 17.6 Å². The number of aryl methyl sites for hydroxylation is 1. The van der Waals surface area contributed by atoms with E-state index in [1.807, 2.05) is 37.1 Å². The maximum atomic E-state index is 13.0. The molecule has 2 fully saturated rings. The first kappa shape index (κ1) is 19.5. The number of methoxy groups -OCH3 is 1. The smallest absolute Gasteiger partial charge is 0.322 e. The Balaban J connectivity index is 1.75. The third kappa shape index (κ3) is 4.03. The van der Waals surface area contributed by atoms with Crippen LogP contribution in [-0.2, 0) is 4.79 Å². The molecule has 2 saturated heterocycles. The number of benzene rings is 1. The van der Waals surface area contributed by atoms with E-state index in [4.69, 9.17) is 4.74 Å². The van der Waals surface area contributed by atoms with Gasteiger partial charge in [-0.05, 0) is 44.5 Å². The topological polar surface area (TPSA) is 65.1 Å². The van der Waals surface area contributed by atoms with Gasteiger partial charge in [0.2, 0.25) is 5.91 Å². The van der Waals surface area contributed by atoms with E-state index < -0.39 is 0 Å². The van der Waals surface area contributed by atoms with Crippen LogP contribution in [-0.4, -0.2) is 79.6 Å². The zero-order valence-corrected chi connectivity index (χ0v) is 16.7. The molecule has 148 valence electrons. The molecule has 0 radical (unpaired) electrons. The van der Waals surface area contributed by atoms with Gasteiger partial charge in [-0.15, -0.1) is 0 Å². The van der Waals surface area contributed by atoms with Crippen LogP contribution in [0.3, 0.4) is 0 Å². The molecular formula is C20H30N4O3. The summed E-state index contributed by atoms with van der Waals surface area (Å²) in [5, 5.41) is 3.01. The Bertz CT molecular complexity index is 723. The molecule has 3 amide bonds. The van der Waals surface area contributed by atoms with E-state index in [0.29, 0.717) is 30.9 Å². The molecule has 2 aliphatic rings. The number of anilines is 1. The molecule has 1 N–H and O–H groups in total. The molecule has 7 nitrogen and oxygen atoms in total. The van der Waals surface area contributed by atoms with Crippen molar-refractivity contribution in [3.8, 4) is 5.75 Å². The highest BCUT2D eigenvalue weighted by atomic mass is 16.5. The zero-order chi connectivity index (χ0) is 19.6. The number of likely N-dealkylation sites (tertiary alicyclic amines) is 1. The third-order valence-electron chi connectivity index (χ3n) is 6.03. The number of nitrogens with zero attached hydrogens (tertiary/aromatic N) is 3. The summed E-state index contributed by atoms with van der Waals surface area (Å²) in [5.41, 5.74) is 1.60. The van der Waals surface area contributed by atoms with Crippen molar-refractivity contribution in [3.63, 3.8) is 0 Å². The fraction of sp³-hybridized carbons (Fsp3) is 0.600. The van der Waals surface area contributed by atoms with Crippen molar-refractivity contribution in [2.24, 2.45) is 0 Å². The Kier molecular flexibility index (Phi) is 5.60. The predicted octanol–water partition coefficient (Wildman–Crippen LogP) is 2.16. The summed E-state index contributed by atoms with van der Waals surface area (Å²) in [7, 11) is 5.57. The SMILES string of the molecule is COc1ccc(C)cc1NC(=O)N1CCN(C)[C@]2(CCC(=O)N(C)CC2)C1. The standard InChI is InChI=1S/C20H30N4O3/c1-15-5-6-17(27-4)16(13-15)21-19(26)24-12-11-23(3)20(14-24)8-7-18(25)22(2)10-9-20/h5-6,13H,7-12,14H2,1-4H3,(H,21,26)/t20-/m0/s1. The van der Waals surface area contributed by atoms with Gasteiger partial charge in [0.05, 0.1) is 12.8 Å². The Hall–Kier alpha value is -2.28. The van der Waals surface area contributed by atoms with Crippen LogP contribution >= 0.6 is 0 Å². The second-order valence-electron chi connectivity index (χ2n) is 7.77. The lowest BCUT2D eigenvalue weighted by molar-refractivity contribution is -0.129. The molecule has 1 aromatic carbocycles. The highest BCUT2D eigenvalue weighted by Gasteiger charge is 2.43. The number of carbonyl (C=O) groups excluding carboxylic acids is 2. The molecule has 3 rings (SSSR count). The lowest BCUT2D eigenvalue weighted by Gasteiger charge is -2.49. The van der Waals surface area contributed by atoms with Crippen LogP contribution in [0.5, 0.6) is 5.75 Å². The van der Waals surface area contributed by atoms with Crippen LogP contribution in [0.1, 0.15) is 24.8 Å². The molecule has 7 heteroatoms. The summed E-state index contributed by atoms with van der Waals surface area (Å²) in [6.45, 7) is 4.81. The van der Waals surface area contributed by atoms with Gasteiger partial charge < -0.3 is 19.9 Å². The van der Waals surface area contributed by atoms with Gasteiger partial charge in [-0.2, -0.15) is 0 Å². The molecule has 0 unspecified atom stereocenters. The van der Waals surface area contributed by atoms with Crippen LogP contribution in [0.4, 0.5) is 10.5 Å². The number of amides is 3. The second kappa shape index (κ2) is 7.76. The minimum Gasteiger partial charge on any atom is -0.495 e. The zero-order valence-electron chi connectivity index (χ0n) is 16.7. The van der Waals surface area contributed by atoms with Gasteiger partial charge in [0.25, 0.3) is 0 Å². The number of rotatable bonds is 2. The van der Waals surface area contributed by atoms with E-state index in [1.165, 1.54) is 0 Å². The van der Waals surface area contributed by atoms with E-state index in [0.717, 1.165) is 31.5 Å². The number of piperazine rings is 1. The number of urea groups is 1. The van der Waals surface area contributed by atoms with Crippen molar-refractivity contribution in [1.82, 2.24) is 14.7 Å². The molecule has 0 bridgehead atoms. The second-order valence-corrected chi connectivity index (χ2v) is 7.77. The molecule has 27 heavy (non-hydrogen) atoms. The van der Waals surface area contributed by atoms with Crippen molar-refractivity contribution in [2.75, 3.05) is 52.7 Å². The predicted molar refractivity (Wildman–Crippen MR) is 105 cm³/mol. The van der Waals surface area contributed by atoms with Crippen LogP contribution < -0.4 is 10.1 Å². The Morgan fingerprint density at radius 2 is 1.96 bits per heavy atom. The molecule has 0 saturated carbocycles. The van der Waals surface area contributed by atoms with E-state index in [9.17, 15) is 9.59 Å². The normalized spacial score (nSPS) is 24.1. The summed E-state index contributed by atoms with van der Waals surface area (Å²) >= 11 is 0. The van der Waals surface area contributed by atoms with Crippen molar-refractivity contribution in [2.45, 2.75) is 31.7 Å². The molecule has 0 aliphatic carbocycles. The number of nitrogens with one attached hydrogen (secondary N) is 1. The third-order valence-corrected chi connectivity index (χ3v) is 6.03. The van der Waals surface area contributed by atoms with Crippen LogP contribution in [0.25, 0.3) is 0 Å². The molecule has 2 heterocycles. The van der Waals surface area contributed by atoms with Crippen LogP contribution in [0.2, 0.25) is 0 Å². The largest absolute Gasteiger partial charge is 0.495 e. The van der Waals surface area contributed by atoms with Crippen molar-refractivity contribution in [1.29, 1.82) is 0 Å². The molecule has 1 atom stereocenters. The van der Waals surface area contributed by atoms with Gasteiger partial charge in [0.15, 0.2) is 0 Å². The first-order chi connectivity index (χ1) is 12.8. The first-order valence-corrected chi connectivity index (χ1v) is 9.50. The van der Waals surface area contributed by atoms with E-state index in [2.05, 4.69) is 17.3 Å². The summed E-state index contributed by atoms with van der Waals surface area (Å²) in [6, 6.07) is 5.62. The average molecular weight is 374 g/mol. The number of hydrogen-bond donors (Lipinski definition) is 1. The lowest BCUT2D eigenvalue weighted by Crippen LogP contribution is -2.62. The number of carbonyl (C=O) groups is 2. The van der Waals surface area contributed by atoms with Crippen LogP contribution in [0, 0.1) is 6.92 Å². The lowest BCUT2D eigenvalue weighted by atomic mass is 9.86. The fourth-order valence-corrected chi connectivity index (χ4v) is 4.05. The molecule has 1 aromatic rings. The summed E-state index contributed by atoms with van der Waals surface area (Å²) in [5.74, 6) is 0.839. The van der Waals surface area contributed by atoms with Gasteiger partial charge in [0.1, 0.15) is 5.75 Å². The molecule has 0 aromatic heterocycles. The summed E-state index contributed by atoms with van der Waals surface area (Å²) in [6.07, 6.45) is 2.19. The fourth-order valence-electron chi connectivity index (χ4n) is 4.05. The van der Waals surface area contributed by atoms with Crippen LogP contribution in [0.15, 0.2) is 18.2 Å². The maximum Gasteiger partial charge on any atom is 0.322 e. The summed E-state index contributed by atoms with van der Waals surface area (Å²) < 4.78 is 5.37.